The van der Waals surface area contributed by atoms with Gasteiger partial charge in [0.15, 0.2) is 17.3 Å². The average Bonchev–Trinajstić information content (AvgIpc) is 3.36. The van der Waals surface area contributed by atoms with Gasteiger partial charge in [-0.3, -0.25) is 0 Å². The lowest BCUT2D eigenvalue weighted by molar-refractivity contribution is 0.488. The number of rotatable bonds is 6. The molecule has 7 nitrogen and oxygen atoms in total. The summed E-state index contributed by atoms with van der Waals surface area (Å²) < 4.78 is 10.9. The van der Waals surface area contributed by atoms with E-state index in [4.69, 9.17) is 8.83 Å². The third-order valence-electron chi connectivity index (χ3n) is 4.09. The van der Waals surface area contributed by atoms with E-state index in [1.807, 2.05) is 50.2 Å². The second kappa shape index (κ2) is 6.87. The SMILES string of the molecule is CC(Nc1nc2cccnc2nc1NC(C)c1ccco1)c1ccco1. The molecular formula is C19H19N5O2. The van der Waals surface area contributed by atoms with Gasteiger partial charge in [0.1, 0.15) is 17.0 Å². The zero-order chi connectivity index (χ0) is 17.9. The quantitative estimate of drug-likeness (QED) is 0.527. The summed E-state index contributed by atoms with van der Waals surface area (Å²) in [6.45, 7) is 4.01. The van der Waals surface area contributed by atoms with Crippen LogP contribution in [0.5, 0.6) is 0 Å². The molecule has 132 valence electrons. The van der Waals surface area contributed by atoms with Crippen LogP contribution in [0.15, 0.2) is 64.0 Å². The smallest absolute Gasteiger partial charge is 0.180 e. The molecule has 0 saturated carbocycles. The van der Waals surface area contributed by atoms with E-state index in [2.05, 4.69) is 25.6 Å². The summed E-state index contributed by atoms with van der Waals surface area (Å²) in [4.78, 5) is 13.6. The first-order chi connectivity index (χ1) is 12.7. The fraction of sp³-hybridized carbons (Fsp3) is 0.211. The third-order valence-corrected chi connectivity index (χ3v) is 4.09. The molecule has 4 aromatic rings. The summed E-state index contributed by atoms with van der Waals surface area (Å²) in [5.41, 5.74) is 1.30. The summed E-state index contributed by atoms with van der Waals surface area (Å²) >= 11 is 0. The van der Waals surface area contributed by atoms with Gasteiger partial charge in [-0.05, 0) is 50.2 Å². The zero-order valence-electron chi connectivity index (χ0n) is 14.5. The first-order valence-electron chi connectivity index (χ1n) is 8.43. The Kier molecular flexibility index (Phi) is 4.27. The van der Waals surface area contributed by atoms with Crippen molar-refractivity contribution in [1.29, 1.82) is 0 Å². The number of nitrogens with zero attached hydrogens (tertiary/aromatic N) is 3. The van der Waals surface area contributed by atoms with E-state index >= 15 is 0 Å². The van der Waals surface area contributed by atoms with Crippen LogP contribution in [0.4, 0.5) is 11.6 Å². The Bertz CT molecular complexity index is 902. The van der Waals surface area contributed by atoms with E-state index in [1.54, 1.807) is 18.7 Å². The van der Waals surface area contributed by atoms with Gasteiger partial charge in [-0.2, -0.15) is 0 Å². The van der Waals surface area contributed by atoms with Crippen LogP contribution in [-0.2, 0) is 0 Å². The molecule has 2 N–H and O–H groups in total. The van der Waals surface area contributed by atoms with Gasteiger partial charge >= 0.3 is 0 Å². The molecule has 0 saturated heterocycles. The van der Waals surface area contributed by atoms with Crippen molar-refractivity contribution in [1.82, 2.24) is 15.0 Å². The van der Waals surface area contributed by atoms with Crippen LogP contribution in [0.3, 0.4) is 0 Å². The van der Waals surface area contributed by atoms with Gasteiger partial charge in [-0.15, -0.1) is 0 Å². The number of hydrogen-bond acceptors (Lipinski definition) is 7. The van der Waals surface area contributed by atoms with Crippen molar-refractivity contribution in [2.24, 2.45) is 0 Å². The molecule has 7 heteroatoms. The van der Waals surface area contributed by atoms with Crippen molar-refractivity contribution in [3.63, 3.8) is 0 Å². The zero-order valence-corrected chi connectivity index (χ0v) is 14.5. The molecule has 2 unspecified atom stereocenters. The normalized spacial score (nSPS) is 13.5. The van der Waals surface area contributed by atoms with E-state index in [-0.39, 0.29) is 12.1 Å². The van der Waals surface area contributed by atoms with Gasteiger partial charge < -0.3 is 19.5 Å². The van der Waals surface area contributed by atoms with Crippen molar-refractivity contribution in [2.75, 3.05) is 10.6 Å². The number of hydrogen-bond donors (Lipinski definition) is 2. The molecule has 0 aromatic carbocycles. The van der Waals surface area contributed by atoms with E-state index in [0.717, 1.165) is 17.0 Å². The van der Waals surface area contributed by atoms with Crippen LogP contribution < -0.4 is 10.6 Å². The highest BCUT2D eigenvalue weighted by Gasteiger charge is 2.17. The number of aromatic nitrogens is 3. The van der Waals surface area contributed by atoms with E-state index in [9.17, 15) is 0 Å². The highest BCUT2D eigenvalue weighted by molar-refractivity contribution is 5.77. The van der Waals surface area contributed by atoms with Crippen molar-refractivity contribution in [3.05, 3.63) is 66.6 Å². The molecule has 0 aliphatic heterocycles. The lowest BCUT2D eigenvalue weighted by atomic mass is 10.2. The van der Waals surface area contributed by atoms with Crippen molar-refractivity contribution < 1.29 is 8.83 Å². The Morgan fingerprint density at radius 2 is 1.42 bits per heavy atom. The van der Waals surface area contributed by atoms with Gasteiger partial charge in [0.05, 0.1) is 24.6 Å². The van der Waals surface area contributed by atoms with Crippen LogP contribution in [0.25, 0.3) is 11.2 Å². The van der Waals surface area contributed by atoms with Crippen molar-refractivity contribution in [3.8, 4) is 0 Å². The van der Waals surface area contributed by atoms with E-state index in [0.29, 0.717) is 17.3 Å². The van der Waals surface area contributed by atoms with Crippen LogP contribution in [0.2, 0.25) is 0 Å². The highest BCUT2D eigenvalue weighted by atomic mass is 16.3. The van der Waals surface area contributed by atoms with Crippen molar-refractivity contribution >= 4 is 22.8 Å². The maximum atomic E-state index is 5.48. The van der Waals surface area contributed by atoms with Gasteiger partial charge in [-0.1, -0.05) is 0 Å². The minimum absolute atomic E-state index is 0.0621. The summed E-state index contributed by atoms with van der Waals surface area (Å²) in [6, 6.07) is 11.2. The molecule has 0 amide bonds. The molecule has 0 fully saturated rings. The standard InChI is InChI=1S/C19H19N5O2/c1-12(15-7-4-10-25-15)21-18-19(22-13(2)16-8-5-11-26-16)24-17-14(23-18)6-3-9-20-17/h3-13H,1-2H3,(H,21,23)(H,20,22,24). The Hall–Kier alpha value is -3.35. The van der Waals surface area contributed by atoms with Crippen LogP contribution in [0, 0.1) is 0 Å². The number of anilines is 2. The summed E-state index contributed by atoms with van der Waals surface area (Å²) in [5, 5.41) is 6.72. The predicted octanol–water partition coefficient (Wildman–Crippen LogP) is 4.56. The lowest BCUT2D eigenvalue weighted by Crippen LogP contribution is -2.14. The van der Waals surface area contributed by atoms with Crippen LogP contribution in [-0.4, -0.2) is 15.0 Å². The van der Waals surface area contributed by atoms with Gasteiger partial charge in [0.25, 0.3) is 0 Å². The molecule has 0 radical (unpaired) electrons. The molecule has 0 spiro atoms. The van der Waals surface area contributed by atoms with Gasteiger partial charge in [0, 0.05) is 6.20 Å². The van der Waals surface area contributed by atoms with E-state index in [1.165, 1.54) is 0 Å². The summed E-state index contributed by atoms with van der Waals surface area (Å²) in [5.74, 6) is 2.88. The minimum atomic E-state index is -0.0695. The molecule has 2 atom stereocenters. The molecule has 0 aliphatic rings. The Balaban J connectivity index is 1.69. The third kappa shape index (κ3) is 3.23. The minimum Gasteiger partial charge on any atom is -0.467 e. The fourth-order valence-corrected chi connectivity index (χ4v) is 2.72. The summed E-state index contributed by atoms with van der Waals surface area (Å²) in [7, 11) is 0. The Morgan fingerprint density at radius 3 is 2.00 bits per heavy atom. The van der Waals surface area contributed by atoms with Gasteiger partial charge in [-0.25, -0.2) is 15.0 Å². The maximum absolute atomic E-state index is 5.48. The molecule has 0 bridgehead atoms. The molecular weight excluding hydrogens is 330 g/mol. The number of fused-ring (bicyclic) bond motifs is 1. The molecule has 4 heterocycles. The molecule has 0 aliphatic carbocycles. The maximum Gasteiger partial charge on any atom is 0.180 e. The average molecular weight is 349 g/mol. The first kappa shape index (κ1) is 16.1. The topological polar surface area (TPSA) is 89.0 Å². The number of nitrogens with one attached hydrogen (secondary N) is 2. The fourth-order valence-electron chi connectivity index (χ4n) is 2.72. The summed E-state index contributed by atoms with van der Waals surface area (Å²) in [6.07, 6.45) is 5.01. The lowest BCUT2D eigenvalue weighted by Gasteiger charge is -2.18. The molecule has 4 aromatic heterocycles. The predicted molar refractivity (Wildman–Crippen MR) is 98.8 cm³/mol. The Morgan fingerprint density at radius 1 is 0.808 bits per heavy atom. The molecule has 26 heavy (non-hydrogen) atoms. The number of furan rings is 2. The van der Waals surface area contributed by atoms with Crippen LogP contribution in [0.1, 0.15) is 37.5 Å². The van der Waals surface area contributed by atoms with Crippen LogP contribution >= 0.6 is 0 Å². The second-order valence-electron chi connectivity index (χ2n) is 6.03. The monoisotopic (exact) mass is 349 g/mol. The Labute approximate surface area is 150 Å². The van der Waals surface area contributed by atoms with E-state index < -0.39 is 0 Å². The second-order valence-corrected chi connectivity index (χ2v) is 6.03. The number of pyridine rings is 1. The molecule has 4 rings (SSSR count). The largest absolute Gasteiger partial charge is 0.467 e. The van der Waals surface area contributed by atoms with Gasteiger partial charge in [0.2, 0.25) is 0 Å². The first-order valence-corrected chi connectivity index (χ1v) is 8.43. The van der Waals surface area contributed by atoms with Crippen molar-refractivity contribution in [2.45, 2.75) is 25.9 Å². The highest BCUT2D eigenvalue weighted by Crippen LogP contribution is 2.28.